The van der Waals surface area contributed by atoms with Crippen molar-refractivity contribution in [3.63, 3.8) is 0 Å². The van der Waals surface area contributed by atoms with Crippen molar-refractivity contribution in [2.45, 2.75) is 39.2 Å². The number of nitrogens with zero attached hydrogens (tertiary/aromatic N) is 1. The zero-order valence-corrected chi connectivity index (χ0v) is 11.1. The maximum absolute atomic E-state index is 12.0. The summed E-state index contributed by atoms with van der Waals surface area (Å²) in [5, 5.41) is 4.30. The van der Waals surface area contributed by atoms with Gasteiger partial charge in [-0.05, 0) is 38.0 Å². The highest BCUT2D eigenvalue weighted by Crippen LogP contribution is 2.44. The third kappa shape index (κ3) is 2.37. The number of aryl methyl sites for hydroxylation is 1. The van der Waals surface area contributed by atoms with Gasteiger partial charge in [-0.15, -0.1) is 11.3 Å². The van der Waals surface area contributed by atoms with Crippen molar-refractivity contribution >= 4 is 17.2 Å². The van der Waals surface area contributed by atoms with E-state index in [0.717, 1.165) is 11.4 Å². The molecule has 3 rings (SSSR count). The fourth-order valence-electron chi connectivity index (χ4n) is 2.27. The summed E-state index contributed by atoms with van der Waals surface area (Å²) < 4.78 is 0. The van der Waals surface area contributed by atoms with Crippen LogP contribution in [0.1, 0.15) is 42.1 Å². The van der Waals surface area contributed by atoms with Crippen molar-refractivity contribution in [2.75, 3.05) is 0 Å². The minimum atomic E-state index is 0.175. The smallest absolute Gasteiger partial charge is 0.223 e. The summed E-state index contributed by atoms with van der Waals surface area (Å²) in [6.07, 6.45) is 5.41. The number of carbonyl (C=O) groups excluding carboxylic acids is 1. The van der Waals surface area contributed by atoms with Crippen LogP contribution in [0.15, 0.2) is 6.20 Å². The van der Waals surface area contributed by atoms with E-state index in [1.807, 2.05) is 6.20 Å². The van der Waals surface area contributed by atoms with Crippen LogP contribution in [0.25, 0.3) is 0 Å². The Morgan fingerprint density at radius 2 is 2.29 bits per heavy atom. The van der Waals surface area contributed by atoms with Gasteiger partial charge in [0.2, 0.25) is 5.91 Å². The zero-order chi connectivity index (χ0) is 12.0. The van der Waals surface area contributed by atoms with E-state index in [4.69, 9.17) is 0 Å². The molecule has 0 aliphatic heterocycles. The van der Waals surface area contributed by atoms with Crippen molar-refractivity contribution in [1.82, 2.24) is 10.3 Å². The number of nitrogens with one attached hydrogen (secondary N) is 1. The molecule has 1 amide bonds. The third-order valence-corrected chi connectivity index (χ3v) is 4.74. The molecule has 1 N–H and O–H groups in total. The Morgan fingerprint density at radius 3 is 2.76 bits per heavy atom. The number of amides is 1. The second-order valence-electron chi connectivity index (χ2n) is 5.45. The van der Waals surface area contributed by atoms with Crippen LogP contribution >= 0.6 is 11.3 Å². The molecule has 2 aliphatic rings. The number of hydrogen-bond acceptors (Lipinski definition) is 3. The summed E-state index contributed by atoms with van der Waals surface area (Å²) in [6, 6.07) is 0.175. The van der Waals surface area contributed by atoms with Gasteiger partial charge < -0.3 is 5.32 Å². The summed E-state index contributed by atoms with van der Waals surface area (Å²) >= 11 is 1.71. The van der Waals surface area contributed by atoms with Crippen LogP contribution in [0.3, 0.4) is 0 Å². The van der Waals surface area contributed by atoms with E-state index in [-0.39, 0.29) is 17.9 Å². The maximum atomic E-state index is 12.0. The molecule has 3 nitrogen and oxygen atoms in total. The van der Waals surface area contributed by atoms with Crippen molar-refractivity contribution in [1.29, 1.82) is 0 Å². The Bertz CT molecular complexity index is 438. The number of thiazole rings is 1. The molecule has 1 heterocycles. The van der Waals surface area contributed by atoms with E-state index < -0.39 is 0 Å². The molecule has 0 spiro atoms. The number of rotatable bonds is 4. The van der Waals surface area contributed by atoms with E-state index in [1.54, 1.807) is 11.3 Å². The van der Waals surface area contributed by atoms with Crippen molar-refractivity contribution in [3.8, 4) is 0 Å². The van der Waals surface area contributed by atoms with E-state index in [2.05, 4.69) is 24.1 Å². The quantitative estimate of drug-likeness (QED) is 0.892. The topological polar surface area (TPSA) is 42.0 Å². The van der Waals surface area contributed by atoms with Gasteiger partial charge in [-0.1, -0.05) is 6.92 Å². The first kappa shape index (κ1) is 11.2. The molecule has 3 unspecified atom stereocenters. The zero-order valence-electron chi connectivity index (χ0n) is 10.3. The molecule has 4 heteroatoms. The molecule has 3 atom stereocenters. The fraction of sp³-hybridized carbons (Fsp3) is 0.692. The van der Waals surface area contributed by atoms with Crippen LogP contribution in [0, 0.1) is 24.7 Å². The highest BCUT2D eigenvalue weighted by Gasteiger charge is 2.42. The van der Waals surface area contributed by atoms with Crippen molar-refractivity contribution in [3.05, 3.63) is 16.1 Å². The summed E-state index contributed by atoms with van der Waals surface area (Å²) in [7, 11) is 0. The molecule has 1 aromatic heterocycles. The lowest BCUT2D eigenvalue weighted by Crippen LogP contribution is -2.31. The fourth-order valence-corrected chi connectivity index (χ4v) is 3.19. The van der Waals surface area contributed by atoms with Gasteiger partial charge in [0.25, 0.3) is 0 Å². The molecule has 2 saturated carbocycles. The lowest BCUT2D eigenvalue weighted by molar-refractivity contribution is -0.123. The molecule has 0 bridgehead atoms. The van der Waals surface area contributed by atoms with Gasteiger partial charge in [0.15, 0.2) is 0 Å². The second kappa shape index (κ2) is 4.09. The standard InChI is InChI=1S/C13H18N2OS/c1-7-5-10(7)12(16)15-11(9-3-4-9)13-14-6-8(2)17-13/h6-7,9-11H,3-5H2,1-2H3,(H,15,16). The molecular formula is C13H18N2OS. The SMILES string of the molecule is Cc1cnc(C(NC(=O)C2CC2C)C2CC2)s1. The molecular weight excluding hydrogens is 232 g/mol. The Labute approximate surface area is 106 Å². The summed E-state index contributed by atoms with van der Waals surface area (Å²) in [5.74, 6) is 1.70. The molecule has 2 fully saturated rings. The first-order valence-electron chi connectivity index (χ1n) is 6.38. The van der Waals surface area contributed by atoms with Crippen LogP contribution in [0.5, 0.6) is 0 Å². The van der Waals surface area contributed by atoms with Crippen molar-refractivity contribution in [2.24, 2.45) is 17.8 Å². The minimum Gasteiger partial charge on any atom is -0.346 e. The van der Waals surface area contributed by atoms with Gasteiger partial charge >= 0.3 is 0 Å². The van der Waals surface area contributed by atoms with Gasteiger partial charge in [-0.3, -0.25) is 4.79 Å². The average Bonchev–Trinajstić information content (AvgIpc) is 3.18. The van der Waals surface area contributed by atoms with Gasteiger partial charge in [-0.25, -0.2) is 4.98 Å². The lowest BCUT2D eigenvalue weighted by atomic mass is 10.2. The summed E-state index contributed by atoms with van der Waals surface area (Å²) in [4.78, 5) is 17.7. The molecule has 0 aromatic carbocycles. The van der Waals surface area contributed by atoms with Gasteiger partial charge in [0.1, 0.15) is 5.01 Å². The highest BCUT2D eigenvalue weighted by molar-refractivity contribution is 7.11. The molecule has 92 valence electrons. The molecule has 2 aliphatic carbocycles. The predicted octanol–water partition coefficient (Wildman–Crippen LogP) is 2.67. The number of aromatic nitrogens is 1. The maximum Gasteiger partial charge on any atom is 0.223 e. The monoisotopic (exact) mass is 250 g/mol. The molecule has 1 aromatic rings. The van der Waals surface area contributed by atoms with Gasteiger partial charge in [0.05, 0.1) is 6.04 Å². The van der Waals surface area contributed by atoms with E-state index >= 15 is 0 Å². The molecule has 17 heavy (non-hydrogen) atoms. The van der Waals surface area contributed by atoms with Crippen LogP contribution in [-0.2, 0) is 4.79 Å². The molecule has 0 radical (unpaired) electrons. The van der Waals surface area contributed by atoms with Crippen LogP contribution < -0.4 is 5.32 Å². The van der Waals surface area contributed by atoms with Gasteiger partial charge in [-0.2, -0.15) is 0 Å². The third-order valence-electron chi connectivity index (χ3n) is 3.74. The largest absolute Gasteiger partial charge is 0.346 e. The van der Waals surface area contributed by atoms with Crippen LogP contribution in [0.4, 0.5) is 0 Å². The lowest BCUT2D eigenvalue weighted by Gasteiger charge is -2.15. The first-order valence-corrected chi connectivity index (χ1v) is 7.19. The Balaban J connectivity index is 1.70. The van der Waals surface area contributed by atoms with E-state index in [9.17, 15) is 4.79 Å². The van der Waals surface area contributed by atoms with E-state index in [1.165, 1.54) is 17.7 Å². The average molecular weight is 250 g/mol. The Morgan fingerprint density at radius 1 is 1.59 bits per heavy atom. The summed E-state index contributed by atoms with van der Waals surface area (Å²) in [6.45, 7) is 4.21. The van der Waals surface area contributed by atoms with Crippen LogP contribution in [0.2, 0.25) is 0 Å². The molecule has 0 saturated heterocycles. The number of hydrogen-bond donors (Lipinski definition) is 1. The second-order valence-corrected chi connectivity index (χ2v) is 6.72. The predicted molar refractivity (Wildman–Crippen MR) is 67.7 cm³/mol. The van der Waals surface area contributed by atoms with Gasteiger partial charge in [0, 0.05) is 17.0 Å². The Kier molecular flexibility index (Phi) is 2.69. The normalized spacial score (nSPS) is 28.8. The summed E-state index contributed by atoms with van der Waals surface area (Å²) in [5.41, 5.74) is 0. The number of carbonyl (C=O) groups is 1. The minimum absolute atomic E-state index is 0.175. The van der Waals surface area contributed by atoms with Crippen molar-refractivity contribution < 1.29 is 4.79 Å². The van der Waals surface area contributed by atoms with Crippen LogP contribution in [-0.4, -0.2) is 10.9 Å². The first-order chi connectivity index (χ1) is 8.15. The Hall–Kier alpha value is -0.900. The highest BCUT2D eigenvalue weighted by atomic mass is 32.1. The van der Waals surface area contributed by atoms with E-state index in [0.29, 0.717) is 11.8 Å².